The fourth-order valence-corrected chi connectivity index (χ4v) is 9.91. The first kappa shape index (κ1) is 95.0. The molecule has 16 rings (SSSR count). The van der Waals surface area contributed by atoms with Crippen LogP contribution < -0.4 is 56.8 Å². The van der Waals surface area contributed by atoms with Crippen molar-refractivity contribution in [3.8, 4) is 69.0 Å². The Balaban J connectivity index is 0.000000590. The number of fused-ring (bicyclic) bond motifs is 8. The van der Waals surface area contributed by atoms with Gasteiger partial charge in [-0.1, -0.05) is 195 Å². The summed E-state index contributed by atoms with van der Waals surface area (Å²) in [6.45, 7) is 53.1. The summed E-state index contributed by atoms with van der Waals surface area (Å²) < 4.78 is 135. The van der Waals surface area contributed by atoms with E-state index in [2.05, 4.69) is 119 Å². The maximum absolute atomic E-state index is 12.7. The van der Waals surface area contributed by atoms with E-state index in [0.717, 1.165) is 110 Å². The van der Waals surface area contributed by atoms with Crippen molar-refractivity contribution in [3.05, 3.63) is 212 Å². The molecule has 0 N–H and O–H groups in total. The summed E-state index contributed by atoms with van der Waals surface area (Å²) in [4.78, 5) is 0. The van der Waals surface area contributed by atoms with Gasteiger partial charge in [0.15, 0.2) is 46.0 Å². The smallest absolute Gasteiger partial charge is 0.493 e. The second-order valence-electron chi connectivity index (χ2n) is 22.4. The van der Waals surface area contributed by atoms with Gasteiger partial charge in [0.25, 0.3) is 0 Å². The lowest BCUT2D eigenvalue weighted by Gasteiger charge is -2.31. The summed E-state index contributed by atoms with van der Waals surface area (Å²) in [5.74, 6) is 7.19. The highest BCUT2D eigenvalue weighted by Crippen LogP contribution is 2.47. The number of benzene rings is 8. The Bertz CT molecular complexity index is 3480. The van der Waals surface area contributed by atoms with Crippen LogP contribution in [0.5, 0.6) is 69.0 Å². The molecule has 0 aromatic heterocycles. The second-order valence-corrected chi connectivity index (χ2v) is 22.4. The molecule has 0 radical (unpaired) electrons. The molecule has 0 saturated carbocycles. The zero-order valence-electron chi connectivity index (χ0n) is 67.7. The molecule has 8 aromatic carbocycles. The molecule has 0 fully saturated rings. The van der Waals surface area contributed by atoms with Crippen LogP contribution in [0, 0.1) is 55.4 Å². The van der Waals surface area contributed by atoms with Crippen molar-refractivity contribution in [1.29, 1.82) is 0 Å². The Morgan fingerprint density at radius 1 is 0.217 bits per heavy atom. The predicted octanol–water partition coefficient (Wildman–Crippen LogP) is 25.5. The number of aryl methyl sites for hydroxylation is 10. The minimum absolute atomic E-state index is 0.0885. The number of halogens is 6. The third kappa shape index (κ3) is 31.6. The summed E-state index contributed by atoms with van der Waals surface area (Å²) in [7, 11) is 0. The van der Waals surface area contributed by atoms with Crippen LogP contribution in [-0.2, 0) is 25.7 Å². The molecular weight excluding hydrogens is 1360 g/mol. The Morgan fingerprint density at radius 3 is 0.934 bits per heavy atom. The van der Waals surface area contributed by atoms with Crippen molar-refractivity contribution in [3.63, 3.8) is 0 Å². The Labute approximate surface area is 631 Å². The molecule has 8 heterocycles. The van der Waals surface area contributed by atoms with E-state index in [9.17, 15) is 26.3 Å². The topological polar surface area (TPSA) is 111 Å². The van der Waals surface area contributed by atoms with Crippen LogP contribution in [0.25, 0.3) is 0 Å². The summed E-state index contributed by atoms with van der Waals surface area (Å²) in [5.41, 5.74) is 14.5. The molecule has 0 amide bonds. The van der Waals surface area contributed by atoms with Crippen molar-refractivity contribution in [1.82, 2.24) is 0 Å². The van der Waals surface area contributed by atoms with Crippen LogP contribution in [0.3, 0.4) is 0 Å². The van der Waals surface area contributed by atoms with E-state index in [1.165, 1.54) is 92.7 Å². The Hall–Kier alpha value is -9.06. The fraction of sp³-hybridized carbons (Fsp3) is 0.455. The van der Waals surface area contributed by atoms with Crippen LogP contribution in [0.1, 0.15) is 190 Å². The largest absolute Gasteiger partial charge is 0.586 e. The third-order valence-corrected chi connectivity index (χ3v) is 14.5. The molecule has 8 aliphatic rings. The summed E-state index contributed by atoms with van der Waals surface area (Å²) >= 11 is 0. The van der Waals surface area contributed by atoms with Gasteiger partial charge in [0.1, 0.15) is 36.2 Å². The van der Waals surface area contributed by atoms with Crippen LogP contribution in [0.15, 0.2) is 146 Å². The van der Waals surface area contributed by atoms with E-state index in [0.29, 0.717) is 25.6 Å². The molecule has 8 aromatic rings. The second kappa shape index (κ2) is 51.2. The summed E-state index contributed by atoms with van der Waals surface area (Å²) in [6, 6.07) is 45.9. The van der Waals surface area contributed by atoms with E-state index in [4.69, 9.17) is 37.9 Å². The van der Waals surface area contributed by atoms with E-state index < -0.39 is 24.3 Å². The molecule has 0 aliphatic carbocycles. The molecule has 0 saturated heterocycles. The molecule has 8 aliphatic heterocycles. The van der Waals surface area contributed by atoms with E-state index >= 15 is 0 Å². The lowest BCUT2D eigenvalue weighted by atomic mass is 10.0. The minimum atomic E-state index is -4.65. The maximum Gasteiger partial charge on any atom is 0.586 e. The van der Waals surface area contributed by atoms with Crippen molar-refractivity contribution in [2.75, 3.05) is 46.4 Å². The van der Waals surface area contributed by atoms with Gasteiger partial charge in [-0.15, -0.1) is 8.78 Å². The fourth-order valence-electron chi connectivity index (χ4n) is 9.91. The number of hydrogen-bond acceptors (Lipinski definition) is 12. The number of hydrogen-bond donors (Lipinski definition) is 0. The highest BCUT2D eigenvalue weighted by molar-refractivity contribution is 5.48. The van der Waals surface area contributed by atoms with Gasteiger partial charge in [-0.25, -0.2) is 0 Å². The average Bonchev–Trinajstić information content (AvgIpc) is 0.965. The number of alkyl halides is 6. The van der Waals surface area contributed by atoms with Crippen LogP contribution in [-0.4, -0.2) is 64.9 Å². The standard InChI is InChI=1S/2C10H12O.C9H6F4O2.C9H10O2.2C9H10O.C8H6F2O2.C8H8O2.8C2H6/c1-8-4-5-10-9(7-8)3-2-6-11-10;1-8-4-5-9-3-2-6-11-10(9)7-8;1-5-2-3-6-7(4-5)15-9(12,13)8(10,11)14-6;1-7-2-3-8-9(6-7)11-5-4-10-8;1-7-2-3-9-8(6-7)4-5-10-9;1-7-2-3-8-4-5-10-9(8)6-7;1-5-2-3-6-7(4-5)12-8(9,10)11-6;1-6-2-3-7-8(4-6)10-5-9-7;8*1-2/h2*4-5,7H,2-3,6H2,1H3;2-4H,1H3;2-3,6H,4-5H2,1H3;2*2-3,6H,4-5H2,1H3;2-4H,1H3;2-4H,5H2,1H3;8*1-2H3. The van der Waals surface area contributed by atoms with Gasteiger partial charge in [0.2, 0.25) is 6.79 Å². The van der Waals surface area contributed by atoms with Crippen LogP contribution in [0.4, 0.5) is 26.3 Å². The van der Waals surface area contributed by atoms with E-state index in [-0.39, 0.29) is 17.2 Å². The first-order valence-corrected chi connectivity index (χ1v) is 37.8. The van der Waals surface area contributed by atoms with Gasteiger partial charge in [-0.2, -0.15) is 17.6 Å². The van der Waals surface area contributed by atoms with Crippen LogP contribution in [0.2, 0.25) is 0 Å². The monoisotopic (exact) mass is 1480 g/mol. The first-order valence-electron chi connectivity index (χ1n) is 37.8. The molecule has 0 atom stereocenters. The molecule has 106 heavy (non-hydrogen) atoms. The lowest BCUT2D eigenvalue weighted by Crippen LogP contribution is -2.52. The normalized spacial score (nSPS) is 14.2. The van der Waals surface area contributed by atoms with Gasteiger partial charge in [-0.3, -0.25) is 0 Å². The van der Waals surface area contributed by atoms with Gasteiger partial charge >= 0.3 is 18.5 Å². The Kier molecular flexibility index (Phi) is 45.9. The van der Waals surface area contributed by atoms with Gasteiger partial charge < -0.3 is 56.8 Å². The molecule has 12 nitrogen and oxygen atoms in total. The highest BCUT2D eigenvalue weighted by atomic mass is 19.3. The molecule has 0 spiro atoms. The molecule has 0 bridgehead atoms. The molecule has 0 unspecified atom stereocenters. The quantitative estimate of drug-likeness (QED) is 0.135. The molecular formula is C88H122F6O12. The van der Waals surface area contributed by atoms with Crippen molar-refractivity contribution in [2.45, 2.75) is 223 Å². The SMILES string of the molecule is CC.CC.CC.CC.CC.CC.CC.CC.Cc1ccc2c(c1)CCCO2.Cc1ccc2c(c1)CCO2.Cc1ccc2c(c1)OC(F)(F)C(F)(F)O2.Cc1ccc2c(c1)OC(F)(F)O2.Cc1ccc2c(c1)OCC2.Cc1ccc2c(c1)OCCC2.Cc1ccc2c(c1)OCCO2.Cc1ccc2c(c1)OCO2. The van der Waals surface area contributed by atoms with E-state index in [1.807, 2.05) is 161 Å². The van der Waals surface area contributed by atoms with Gasteiger partial charge in [0, 0.05) is 12.8 Å². The van der Waals surface area contributed by atoms with Crippen molar-refractivity contribution < 1.29 is 83.2 Å². The summed E-state index contributed by atoms with van der Waals surface area (Å²) in [5, 5.41) is 0. The molecule has 588 valence electrons. The maximum atomic E-state index is 12.7. The number of ether oxygens (including phenoxy) is 12. The van der Waals surface area contributed by atoms with Gasteiger partial charge in [-0.05, 0) is 210 Å². The van der Waals surface area contributed by atoms with E-state index in [1.54, 1.807) is 19.9 Å². The number of rotatable bonds is 0. The zero-order valence-corrected chi connectivity index (χ0v) is 67.7. The highest BCUT2D eigenvalue weighted by Gasteiger charge is 2.66. The minimum Gasteiger partial charge on any atom is -0.493 e. The lowest BCUT2D eigenvalue weighted by molar-refractivity contribution is -0.391. The first-order chi connectivity index (χ1) is 51.0. The summed E-state index contributed by atoms with van der Waals surface area (Å²) in [6.07, 6.45) is -5.95. The predicted molar refractivity (Wildman–Crippen MR) is 421 cm³/mol. The third-order valence-electron chi connectivity index (χ3n) is 14.5. The zero-order chi connectivity index (χ0) is 80.0. The van der Waals surface area contributed by atoms with Crippen LogP contribution >= 0.6 is 0 Å². The van der Waals surface area contributed by atoms with Crippen molar-refractivity contribution in [2.24, 2.45) is 0 Å². The Morgan fingerprint density at radius 2 is 0.472 bits per heavy atom. The van der Waals surface area contributed by atoms with Crippen molar-refractivity contribution >= 4 is 0 Å². The van der Waals surface area contributed by atoms with Gasteiger partial charge in [0.05, 0.1) is 26.4 Å². The average molecular weight is 1490 g/mol. The molecule has 18 heteroatoms.